The first-order valence-electron chi connectivity index (χ1n) is 6.62. The summed E-state index contributed by atoms with van der Waals surface area (Å²) in [5, 5.41) is 17.1. The average molecular weight is 315 g/mol. The number of carbonyl (C=O) groups is 1. The molecule has 0 saturated heterocycles. The minimum atomic E-state index is -0.895. The Morgan fingerprint density at radius 1 is 1.32 bits per heavy atom. The van der Waals surface area contributed by atoms with Crippen LogP contribution in [0.3, 0.4) is 0 Å². The Morgan fingerprint density at radius 3 is 2.82 bits per heavy atom. The van der Waals surface area contributed by atoms with Crippen LogP contribution in [0.1, 0.15) is 12.5 Å². The van der Waals surface area contributed by atoms with E-state index in [0.29, 0.717) is 22.7 Å². The van der Waals surface area contributed by atoms with Gasteiger partial charge in [-0.05, 0) is 12.5 Å². The molecule has 7 nitrogen and oxygen atoms in total. The van der Waals surface area contributed by atoms with E-state index in [0.717, 1.165) is 17.3 Å². The number of benzene rings is 1. The summed E-state index contributed by atoms with van der Waals surface area (Å²) in [6.45, 7) is 2.16. The lowest BCUT2D eigenvalue weighted by atomic mass is 10.2. The monoisotopic (exact) mass is 315 g/mol. The second-order valence-corrected chi connectivity index (χ2v) is 6.01. The highest BCUT2D eigenvalue weighted by Gasteiger charge is 2.18. The predicted molar refractivity (Wildman–Crippen MR) is 81.6 cm³/mol. The summed E-state index contributed by atoms with van der Waals surface area (Å²) in [6, 6.07) is 9.86. The molecule has 0 bridgehead atoms. The topological polar surface area (TPSA) is 93.8 Å². The molecule has 3 rings (SSSR count). The number of carboxylic acids is 1. The zero-order chi connectivity index (χ0) is 15.5. The second kappa shape index (κ2) is 6.10. The number of aromatic nitrogens is 5. The van der Waals surface area contributed by atoms with Crippen LogP contribution in [0.5, 0.6) is 0 Å². The largest absolute Gasteiger partial charge is 0.480 e. The van der Waals surface area contributed by atoms with Gasteiger partial charge in [0.25, 0.3) is 0 Å². The zero-order valence-corrected chi connectivity index (χ0v) is 12.6. The molecular formula is C14H13N5O2S. The summed E-state index contributed by atoms with van der Waals surface area (Å²) in [6.07, 6.45) is 1.41. The van der Waals surface area contributed by atoms with E-state index in [4.69, 9.17) is 5.11 Å². The molecule has 1 aromatic carbocycles. The Morgan fingerprint density at radius 2 is 2.09 bits per heavy atom. The van der Waals surface area contributed by atoms with Gasteiger partial charge in [0.2, 0.25) is 0 Å². The molecule has 0 unspecified atom stereocenters. The SMILES string of the molecule is C[C@@H](Sc1ncnc2c1nnn2Cc1ccccc1)C(=O)O. The third kappa shape index (κ3) is 2.91. The Labute approximate surface area is 130 Å². The Hall–Kier alpha value is -2.48. The number of fused-ring (bicyclic) bond motifs is 1. The van der Waals surface area contributed by atoms with Gasteiger partial charge in [-0.1, -0.05) is 47.3 Å². The van der Waals surface area contributed by atoms with Crippen LogP contribution in [-0.4, -0.2) is 41.3 Å². The third-order valence-electron chi connectivity index (χ3n) is 3.08. The molecule has 1 atom stereocenters. The van der Waals surface area contributed by atoms with E-state index >= 15 is 0 Å². The van der Waals surface area contributed by atoms with Crippen molar-refractivity contribution in [2.24, 2.45) is 0 Å². The fraction of sp³-hybridized carbons (Fsp3) is 0.214. The molecule has 0 fully saturated rings. The van der Waals surface area contributed by atoms with Gasteiger partial charge in [0, 0.05) is 0 Å². The molecule has 0 saturated carbocycles. The lowest BCUT2D eigenvalue weighted by Gasteiger charge is -2.05. The number of hydrogen-bond donors (Lipinski definition) is 1. The van der Waals surface area contributed by atoms with Crippen molar-refractivity contribution in [3.05, 3.63) is 42.2 Å². The highest BCUT2D eigenvalue weighted by Crippen LogP contribution is 2.26. The van der Waals surface area contributed by atoms with Crippen molar-refractivity contribution in [2.75, 3.05) is 0 Å². The molecule has 0 amide bonds. The van der Waals surface area contributed by atoms with Crippen LogP contribution in [0.25, 0.3) is 11.2 Å². The molecule has 112 valence electrons. The van der Waals surface area contributed by atoms with Crippen molar-refractivity contribution in [2.45, 2.75) is 23.7 Å². The van der Waals surface area contributed by atoms with Gasteiger partial charge in [0.05, 0.1) is 6.54 Å². The fourth-order valence-corrected chi connectivity index (χ4v) is 2.73. The number of aliphatic carboxylic acids is 1. The number of hydrogen-bond acceptors (Lipinski definition) is 6. The van der Waals surface area contributed by atoms with Crippen LogP contribution in [0.4, 0.5) is 0 Å². The van der Waals surface area contributed by atoms with E-state index in [1.807, 2.05) is 30.3 Å². The average Bonchev–Trinajstić information content (AvgIpc) is 2.92. The lowest BCUT2D eigenvalue weighted by molar-refractivity contribution is -0.136. The number of thioether (sulfide) groups is 1. The van der Waals surface area contributed by atoms with Gasteiger partial charge in [0.1, 0.15) is 16.6 Å². The van der Waals surface area contributed by atoms with Crippen molar-refractivity contribution >= 4 is 28.9 Å². The summed E-state index contributed by atoms with van der Waals surface area (Å²) in [5.74, 6) is -0.895. The zero-order valence-electron chi connectivity index (χ0n) is 11.7. The highest BCUT2D eigenvalue weighted by atomic mass is 32.2. The third-order valence-corrected chi connectivity index (χ3v) is 4.16. The molecule has 0 aliphatic heterocycles. The highest BCUT2D eigenvalue weighted by molar-refractivity contribution is 8.00. The molecule has 8 heteroatoms. The number of carboxylic acid groups (broad SMARTS) is 1. The van der Waals surface area contributed by atoms with Crippen molar-refractivity contribution in [3.63, 3.8) is 0 Å². The van der Waals surface area contributed by atoms with E-state index in [-0.39, 0.29) is 0 Å². The summed E-state index contributed by atoms with van der Waals surface area (Å²) >= 11 is 1.13. The maximum absolute atomic E-state index is 11.0. The second-order valence-electron chi connectivity index (χ2n) is 4.68. The minimum absolute atomic E-state index is 0.525. The Balaban J connectivity index is 1.93. The maximum atomic E-state index is 11.0. The van der Waals surface area contributed by atoms with E-state index in [1.54, 1.807) is 11.6 Å². The maximum Gasteiger partial charge on any atom is 0.316 e. The normalized spacial score (nSPS) is 12.4. The lowest BCUT2D eigenvalue weighted by Crippen LogP contribution is -2.11. The van der Waals surface area contributed by atoms with E-state index < -0.39 is 11.2 Å². The fourth-order valence-electron chi connectivity index (χ4n) is 1.94. The van der Waals surface area contributed by atoms with Crippen molar-refractivity contribution in [1.29, 1.82) is 0 Å². The first-order valence-corrected chi connectivity index (χ1v) is 7.50. The summed E-state index contributed by atoms with van der Waals surface area (Å²) in [7, 11) is 0. The molecule has 2 heterocycles. The van der Waals surface area contributed by atoms with Gasteiger partial charge in [-0.25, -0.2) is 14.6 Å². The van der Waals surface area contributed by atoms with Crippen LogP contribution in [0.15, 0.2) is 41.7 Å². The summed E-state index contributed by atoms with van der Waals surface area (Å²) in [4.78, 5) is 19.3. The molecule has 0 aliphatic rings. The minimum Gasteiger partial charge on any atom is -0.480 e. The standard InChI is InChI=1S/C14H13N5O2S/c1-9(14(20)21)22-13-11-12(15-8-16-13)19(18-17-11)7-10-5-3-2-4-6-10/h2-6,8-9H,7H2,1H3,(H,20,21)/t9-/m1/s1. The molecule has 2 aromatic heterocycles. The van der Waals surface area contributed by atoms with Crippen LogP contribution >= 0.6 is 11.8 Å². The summed E-state index contributed by atoms with van der Waals surface area (Å²) < 4.78 is 1.68. The number of nitrogens with zero attached hydrogens (tertiary/aromatic N) is 5. The predicted octanol–water partition coefficient (Wildman–Crippen LogP) is 1.83. The smallest absolute Gasteiger partial charge is 0.316 e. The molecule has 22 heavy (non-hydrogen) atoms. The van der Waals surface area contributed by atoms with Crippen molar-refractivity contribution < 1.29 is 9.90 Å². The van der Waals surface area contributed by atoms with Crippen LogP contribution < -0.4 is 0 Å². The quantitative estimate of drug-likeness (QED) is 0.567. The van der Waals surface area contributed by atoms with Gasteiger partial charge in [-0.15, -0.1) is 5.10 Å². The van der Waals surface area contributed by atoms with E-state index in [1.165, 1.54) is 6.33 Å². The van der Waals surface area contributed by atoms with Gasteiger partial charge in [0.15, 0.2) is 11.2 Å². The van der Waals surface area contributed by atoms with Crippen LogP contribution in [0.2, 0.25) is 0 Å². The molecule has 1 N–H and O–H groups in total. The first kappa shape index (κ1) is 14.5. The van der Waals surface area contributed by atoms with Crippen LogP contribution in [-0.2, 0) is 11.3 Å². The van der Waals surface area contributed by atoms with Gasteiger partial charge >= 0.3 is 5.97 Å². The Bertz CT molecular complexity index is 805. The number of rotatable bonds is 5. The van der Waals surface area contributed by atoms with E-state index in [9.17, 15) is 4.79 Å². The van der Waals surface area contributed by atoms with Gasteiger partial charge < -0.3 is 5.11 Å². The van der Waals surface area contributed by atoms with Crippen molar-refractivity contribution in [3.8, 4) is 0 Å². The summed E-state index contributed by atoms with van der Waals surface area (Å²) in [5.41, 5.74) is 2.21. The molecule has 0 radical (unpaired) electrons. The van der Waals surface area contributed by atoms with Gasteiger partial charge in [-0.3, -0.25) is 4.79 Å². The van der Waals surface area contributed by atoms with Gasteiger partial charge in [-0.2, -0.15) is 0 Å². The molecule has 0 spiro atoms. The molecule has 3 aromatic rings. The molecule has 0 aliphatic carbocycles. The van der Waals surface area contributed by atoms with E-state index in [2.05, 4.69) is 20.3 Å². The Kier molecular flexibility index (Phi) is 4.01. The van der Waals surface area contributed by atoms with Crippen LogP contribution in [0, 0.1) is 0 Å². The molecular weight excluding hydrogens is 302 g/mol. The first-order chi connectivity index (χ1) is 10.6. The van der Waals surface area contributed by atoms with Crippen molar-refractivity contribution in [1.82, 2.24) is 25.0 Å².